The van der Waals surface area contributed by atoms with Gasteiger partial charge in [0.2, 0.25) is 5.76 Å². The molecule has 4 saturated carbocycles. The lowest BCUT2D eigenvalue weighted by atomic mass is 9.43. The minimum Gasteiger partial charge on any atom is -0.455 e. The van der Waals surface area contributed by atoms with E-state index in [9.17, 15) is 19.8 Å². The van der Waals surface area contributed by atoms with E-state index >= 15 is 0 Å². The highest BCUT2D eigenvalue weighted by Gasteiger charge is 2.68. The van der Waals surface area contributed by atoms with Crippen LogP contribution in [0.15, 0.2) is 41.7 Å². The van der Waals surface area contributed by atoms with Crippen LogP contribution in [0.2, 0.25) is 0 Å². The molecule has 0 bridgehead atoms. The standard InChI is InChI=1S/C30H38O6/c1-28-13-10-20(31)16-19(28)8-9-24-23(28)11-14-29(2)22(12-15-30(24,29)34)21-17-35-27(33)25(21)36-26(32)18-6-4-3-5-7-18/h3-7,19-20,22-24,31,34H,8-17H2,1-2H3/t19-,20+,22+,23+,24-,28+,29-,30+/m1/s1. The first-order valence-corrected chi connectivity index (χ1v) is 13.8. The normalized spacial score (nSPS) is 43.9. The van der Waals surface area contributed by atoms with Gasteiger partial charge in [-0.25, -0.2) is 9.59 Å². The van der Waals surface area contributed by atoms with Gasteiger partial charge in [0.15, 0.2) is 0 Å². The number of aliphatic hydroxyl groups is 2. The zero-order chi connectivity index (χ0) is 25.3. The maximum absolute atomic E-state index is 12.8. The summed E-state index contributed by atoms with van der Waals surface area (Å²) in [4.78, 5) is 25.4. The van der Waals surface area contributed by atoms with Crippen LogP contribution in [0.1, 0.15) is 82.0 Å². The molecule has 0 radical (unpaired) electrons. The average molecular weight is 495 g/mol. The Morgan fingerprint density at radius 3 is 2.56 bits per heavy atom. The van der Waals surface area contributed by atoms with Gasteiger partial charge in [-0.2, -0.15) is 0 Å². The first-order chi connectivity index (χ1) is 17.2. The Morgan fingerprint density at radius 1 is 1.00 bits per heavy atom. The van der Waals surface area contributed by atoms with Crippen LogP contribution >= 0.6 is 0 Å². The maximum Gasteiger partial charge on any atom is 0.374 e. The predicted octanol–water partition coefficient (Wildman–Crippen LogP) is 4.79. The van der Waals surface area contributed by atoms with Gasteiger partial charge in [-0.3, -0.25) is 0 Å². The van der Waals surface area contributed by atoms with Gasteiger partial charge < -0.3 is 19.7 Å². The minimum atomic E-state index is -0.822. The number of ether oxygens (including phenoxy) is 2. The maximum atomic E-state index is 12.8. The van der Waals surface area contributed by atoms with Gasteiger partial charge >= 0.3 is 11.9 Å². The Bertz CT molecular complexity index is 1100. The van der Waals surface area contributed by atoms with Crippen molar-refractivity contribution >= 4 is 11.9 Å². The number of fused-ring (bicyclic) bond motifs is 5. The third-order valence-corrected chi connectivity index (χ3v) is 11.3. The number of carbonyl (C=O) groups is 2. The molecule has 1 aromatic carbocycles. The third kappa shape index (κ3) is 3.36. The second-order valence-electron chi connectivity index (χ2n) is 12.6. The predicted molar refractivity (Wildman–Crippen MR) is 133 cm³/mol. The largest absolute Gasteiger partial charge is 0.455 e. The van der Waals surface area contributed by atoms with Crippen LogP contribution in [-0.4, -0.2) is 40.5 Å². The van der Waals surface area contributed by atoms with Crippen LogP contribution in [0.4, 0.5) is 0 Å². The number of rotatable bonds is 3. The number of hydrogen-bond acceptors (Lipinski definition) is 6. The molecule has 6 rings (SSSR count). The van der Waals surface area contributed by atoms with Crippen molar-refractivity contribution in [2.75, 3.05) is 6.61 Å². The average Bonchev–Trinajstić information content (AvgIpc) is 3.36. The molecule has 4 fully saturated rings. The van der Waals surface area contributed by atoms with Crippen molar-refractivity contribution in [1.82, 2.24) is 0 Å². The highest BCUT2D eigenvalue weighted by atomic mass is 16.6. The van der Waals surface area contributed by atoms with Gasteiger partial charge in [0, 0.05) is 11.0 Å². The van der Waals surface area contributed by atoms with Crippen LogP contribution in [0.3, 0.4) is 0 Å². The van der Waals surface area contributed by atoms with Crippen molar-refractivity contribution in [2.24, 2.45) is 34.5 Å². The summed E-state index contributed by atoms with van der Waals surface area (Å²) in [6.07, 6.45) is 8.01. The van der Waals surface area contributed by atoms with Crippen LogP contribution in [0.25, 0.3) is 0 Å². The Balaban J connectivity index is 1.30. The van der Waals surface area contributed by atoms with E-state index in [0.717, 1.165) is 56.9 Å². The molecule has 0 spiro atoms. The van der Waals surface area contributed by atoms with E-state index in [1.54, 1.807) is 24.3 Å². The second-order valence-corrected chi connectivity index (χ2v) is 12.6. The molecule has 6 heteroatoms. The minimum absolute atomic E-state index is 0.0263. The highest BCUT2D eigenvalue weighted by Crippen LogP contribution is 2.70. The summed E-state index contributed by atoms with van der Waals surface area (Å²) in [5, 5.41) is 22.8. The monoisotopic (exact) mass is 494 g/mol. The molecular weight excluding hydrogens is 456 g/mol. The molecule has 4 aliphatic carbocycles. The SMILES string of the molecule is C[C@]12CC[C@H](O)C[C@H]1CC[C@@H]1[C@@H]2CC[C@]2(C)[C@H](C3=C(OC(=O)c4ccccc4)C(=O)OC3)CC[C@]12O. The summed E-state index contributed by atoms with van der Waals surface area (Å²) < 4.78 is 11.0. The number of aliphatic hydroxyl groups excluding tert-OH is 1. The van der Waals surface area contributed by atoms with Gasteiger partial charge in [-0.05, 0) is 99.0 Å². The lowest BCUT2D eigenvalue weighted by molar-refractivity contribution is -0.208. The fourth-order valence-electron chi connectivity index (χ4n) is 9.26. The molecule has 6 nitrogen and oxygen atoms in total. The Morgan fingerprint density at radius 2 is 1.78 bits per heavy atom. The zero-order valence-corrected chi connectivity index (χ0v) is 21.4. The van der Waals surface area contributed by atoms with Gasteiger partial charge in [0.05, 0.1) is 17.3 Å². The summed E-state index contributed by atoms with van der Waals surface area (Å²) in [5.41, 5.74) is 0.0688. The molecule has 1 aromatic rings. The first kappa shape index (κ1) is 24.2. The molecule has 0 unspecified atom stereocenters. The Hall–Kier alpha value is -2.18. The summed E-state index contributed by atoms with van der Waals surface area (Å²) in [5.74, 6) is 0.00876. The topological polar surface area (TPSA) is 93.1 Å². The van der Waals surface area contributed by atoms with Crippen molar-refractivity contribution < 1.29 is 29.3 Å². The number of cyclic esters (lactones) is 1. The molecule has 8 atom stereocenters. The second kappa shape index (κ2) is 8.42. The van der Waals surface area contributed by atoms with Crippen LogP contribution in [-0.2, 0) is 14.3 Å². The van der Waals surface area contributed by atoms with Gasteiger partial charge in [0.25, 0.3) is 0 Å². The van der Waals surface area contributed by atoms with E-state index < -0.39 is 23.0 Å². The quantitative estimate of drug-likeness (QED) is 0.587. The van der Waals surface area contributed by atoms with E-state index in [4.69, 9.17) is 9.47 Å². The van der Waals surface area contributed by atoms with E-state index in [2.05, 4.69) is 13.8 Å². The molecule has 36 heavy (non-hydrogen) atoms. The summed E-state index contributed by atoms with van der Waals surface area (Å²) in [7, 11) is 0. The molecule has 0 aromatic heterocycles. The molecule has 1 aliphatic heterocycles. The fraction of sp³-hybridized carbons (Fsp3) is 0.667. The smallest absolute Gasteiger partial charge is 0.374 e. The van der Waals surface area contributed by atoms with E-state index in [-0.39, 0.29) is 35.7 Å². The molecular formula is C30H38O6. The molecule has 0 saturated heterocycles. The van der Waals surface area contributed by atoms with Crippen molar-refractivity contribution in [3.8, 4) is 0 Å². The molecule has 5 aliphatic rings. The third-order valence-electron chi connectivity index (χ3n) is 11.3. The van der Waals surface area contributed by atoms with E-state index in [0.29, 0.717) is 23.8 Å². The first-order valence-electron chi connectivity index (χ1n) is 13.8. The van der Waals surface area contributed by atoms with Crippen molar-refractivity contribution in [3.05, 3.63) is 47.2 Å². The lowest BCUT2D eigenvalue weighted by Crippen LogP contribution is -2.62. The Labute approximate surface area is 213 Å². The molecule has 1 heterocycles. The van der Waals surface area contributed by atoms with Crippen molar-refractivity contribution in [3.63, 3.8) is 0 Å². The molecule has 194 valence electrons. The highest BCUT2D eigenvalue weighted by molar-refractivity contribution is 5.97. The molecule has 2 N–H and O–H groups in total. The molecule has 0 amide bonds. The van der Waals surface area contributed by atoms with E-state index in [1.807, 2.05) is 6.07 Å². The summed E-state index contributed by atoms with van der Waals surface area (Å²) in [6, 6.07) is 8.68. The number of benzene rings is 1. The van der Waals surface area contributed by atoms with Gasteiger partial charge in [-0.15, -0.1) is 0 Å². The number of hydrogen-bond donors (Lipinski definition) is 2. The van der Waals surface area contributed by atoms with Crippen LogP contribution < -0.4 is 0 Å². The van der Waals surface area contributed by atoms with Crippen LogP contribution in [0.5, 0.6) is 0 Å². The summed E-state index contributed by atoms with van der Waals surface area (Å²) >= 11 is 0. The van der Waals surface area contributed by atoms with Crippen molar-refractivity contribution in [1.29, 1.82) is 0 Å². The Kier molecular flexibility index (Phi) is 5.65. The van der Waals surface area contributed by atoms with Crippen LogP contribution in [0, 0.1) is 34.5 Å². The number of carbonyl (C=O) groups excluding carboxylic acids is 2. The zero-order valence-electron chi connectivity index (χ0n) is 21.4. The van der Waals surface area contributed by atoms with Gasteiger partial charge in [-0.1, -0.05) is 32.0 Å². The number of esters is 2. The van der Waals surface area contributed by atoms with Crippen molar-refractivity contribution in [2.45, 2.75) is 83.3 Å². The van der Waals surface area contributed by atoms with E-state index in [1.165, 1.54) is 0 Å². The van der Waals surface area contributed by atoms with Gasteiger partial charge in [0.1, 0.15) is 6.61 Å². The lowest BCUT2D eigenvalue weighted by Gasteiger charge is -2.63. The summed E-state index contributed by atoms with van der Waals surface area (Å²) in [6.45, 7) is 4.72. The fourth-order valence-corrected chi connectivity index (χ4v) is 9.26.